The summed E-state index contributed by atoms with van der Waals surface area (Å²) in [6, 6.07) is 17.5. The monoisotopic (exact) mass is 340 g/mol. The molecule has 1 amide bonds. The zero-order valence-electron chi connectivity index (χ0n) is 12.9. The van der Waals surface area contributed by atoms with Gasteiger partial charge in [-0.3, -0.25) is 4.79 Å². The van der Waals surface area contributed by atoms with E-state index in [1.54, 1.807) is 11.8 Å². The summed E-state index contributed by atoms with van der Waals surface area (Å²) in [6.45, 7) is 2.00. The minimum atomic E-state index is -0.113. The van der Waals surface area contributed by atoms with E-state index in [1.165, 1.54) is 11.3 Å². The van der Waals surface area contributed by atoms with Gasteiger partial charge in [0.25, 0.3) is 5.91 Å². The van der Waals surface area contributed by atoms with E-state index in [0.29, 0.717) is 5.56 Å². The van der Waals surface area contributed by atoms with Crippen LogP contribution in [0.1, 0.15) is 15.9 Å². The molecule has 23 heavy (non-hydrogen) atoms. The molecule has 1 aromatic heterocycles. The van der Waals surface area contributed by atoms with Crippen LogP contribution in [0.2, 0.25) is 0 Å². The molecule has 0 saturated carbocycles. The maximum atomic E-state index is 12.5. The highest BCUT2D eigenvalue weighted by Gasteiger charge is 2.16. The predicted molar refractivity (Wildman–Crippen MR) is 98.5 cm³/mol. The predicted octanol–water partition coefficient (Wildman–Crippen LogP) is 5.09. The molecule has 0 aliphatic rings. The Morgan fingerprint density at radius 1 is 1.09 bits per heavy atom. The first-order valence-corrected chi connectivity index (χ1v) is 9.20. The SMILES string of the molecule is CSc1nc(-c2ccccc2)c(NC(=O)c2ccc(C)cc2)s1. The van der Waals surface area contributed by atoms with Crippen LogP contribution in [-0.4, -0.2) is 17.1 Å². The Morgan fingerprint density at radius 3 is 2.43 bits per heavy atom. The molecule has 0 unspecified atom stereocenters. The second kappa shape index (κ2) is 6.98. The van der Waals surface area contributed by atoms with Crippen molar-refractivity contribution >= 4 is 34.0 Å². The van der Waals surface area contributed by atoms with Gasteiger partial charge in [-0.2, -0.15) is 0 Å². The number of carbonyl (C=O) groups is 1. The van der Waals surface area contributed by atoms with Gasteiger partial charge in [0.05, 0.1) is 0 Å². The van der Waals surface area contributed by atoms with Crippen molar-refractivity contribution in [2.45, 2.75) is 11.3 Å². The summed E-state index contributed by atoms with van der Waals surface area (Å²) in [5.41, 5.74) is 3.60. The van der Waals surface area contributed by atoms with Crippen molar-refractivity contribution in [3.8, 4) is 11.3 Å². The average molecular weight is 340 g/mol. The number of rotatable bonds is 4. The van der Waals surface area contributed by atoms with E-state index < -0.39 is 0 Å². The highest BCUT2D eigenvalue weighted by Crippen LogP contribution is 2.36. The van der Waals surface area contributed by atoms with E-state index in [1.807, 2.05) is 67.8 Å². The third kappa shape index (κ3) is 3.63. The van der Waals surface area contributed by atoms with E-state index in [-0.39, 0.29) is 5.91 Å². The van der Waals surface area contributed by atoms with Gasteiger partial charge in [0.2, 0.25) is 0 Å². The molecule has 2 aromatic carbocycles. The number of aromatic nitrogens is 1. The highest BCUT2D eigenvalue weighted by molar-refractivity contribution is 8.00. The molecule has 5 heteroatoms. The van der Waals surface area contributed by atoms with Crippen molar-refractivity contribution in [3.05, 3.63) is 65.7 Å². The van der Waals surface area contributed by atoms with Crippen molar-refractivity contribution in [1.29, 1.82) is 0 Å². The Morgan fingerprint density at radius 2 is 1.78 bits per heavy atom. The molecule has 0 aliphatic carbocycles. The standard InChI is InChI=1S/C18H16N2OS2/c1-12-8-10-14(11-9-12)16(21)20-17-15(19-18(22-2)23-17)13-6-4-3-5-7-13/h3-11H,1-2H3,(H,20,21). The lowest BCUT2D eigenvalue weighted by Gasteiger charge is -2.05. The van der Waals surface area contributed by atoms with Crippen molar-refractivity contribution in [2.24, 2.45) is 0 Å². The molecular formula is C18H16N2OS2. The number of carbonyl (C=O) groups excluding carboxylic acids is 1. The van der Waals surface area contributed by atoms with Crippen LogP contribution in [0.15, 0.2) is 58.9 Å². The number of aryl methyl sites for hydroxylation is 1. The third-order valence-corrected chi connectivity index (χ3v) is 5.33. The first-order valence-electron chi connectivity index (χ1n) is 7.15. The lowest BCUT2D eigenvalue weighted by molar-refractivity contribution is 0.102. The number of hydrogen-bond donors (Lipinski definition) is 1. The number of nitrogens with one attached hydrogen (secondary N) is 1. The summed E-state index contributed by atoms with van der Waals surface area (Å²) in [7, 11) is 0. The Balaban J connectivity index is 1.92. The summed E-state index contributed by atoms with van der Waals surface area (Å²) in [4.78, 5) is 17.1. The molecule has 0 bridgehead atoms. The number of amides is 1. The number of nitrogens with zero attached hydrogens (tertiary/aromatic N) is 1. The van der Waals surface area contributed by atoms with Gasteiger partial charge >= 0.3 is 0 Å². The largest absolute Gasteiger partial charge is 0.312 e. The summed E-state index contributed by atoms with van der Waals surface area (Å²) < 4.78 is 0.933. The zero-order chi connectivity index (χ0) is 16.2. The van der Waals surface area contributed by atoms with Crippen LogP contribution in [0.4, 0.5) is 5.00 Å². The minimum Gasteiger partial charge on any atom is -0.312 e. The van der Waals surface area contributed by atoms with Crippen molar-refractivity contribution in [2.75, 3.05) is 11.6 Å². The minimum absolute atomic E-state index is 0.113. The maximum Gasteiger partial charge on any atom is 0.256 e. The first kappa shape index (κ1) is 15.8. The molecule has 3 rings (SSSR count). The van der Waals surface area contributed by atoms with Gasteiger partial charge in [-0.15, -0.1) is 0 Å². The van der Waals surface area contributed by atoms with Crippen LogP contribution < -0.4 is 5.32 Å². The summed E-state index contributed by atoms with van der Waals surface area (Å²) in [6.07, 6.45) is 1.99. The van der Waals surface area contributed by atoms with Crippen molar-refractivity contribution in [3.63, 3.8) is 0 Å². The van der Waals surface area contributed by atoms with E-state index >= 15 is 0 Å². The molecule has 0 fully saturated rings. The normalized spacial score (nSPS) is 10.5. The van der Waals surface area contributed by atoms with Crippen LogP contribution >= 0.6 is 23.1 Å². The fourth-order valence-corrected chi connectivity index (χ4v) is 3.63. The lowest BCUT2D eigenvalue weighted by Crippen LogP contribution is -2.11. The zero-order valence-corrected chi connectivity index (χ0v) is 14.5. The number of hydrogen-bond acceptors (Lipinski definition) is 4. The van der Waals surface area contributed by atoms with Crippen LogP contribution in [-0.2, 0) is 0 Å². The Bertz CT molecular complexity index is 811. The molecule has 1 N–H and O–H groups in total. The fraction of sp³-hybridized carbons (Fsp3) is 0.111. The van der Waals surface area contributed by atoms with Gasteiger partial charge in [-0.05, 0) is 25.3 Å². The molecule has 0 radical (unpaired) electrons. The molecule has 116 valence electrons. The second-order valence-electron chi connectivity index (χ2n) is 5.05. The van der Waals surface area contributed by atoms with Crippen LogP contribution in [0.5, 0.6) is 0 Å². The van der Waals surface area contributed by atoms with Gasteiger partial charge < -0.3 is 5.32 Å². The molecule has 0 spiro atoms. The van der Waals surface area contributed by atoms with E-state index in [9.17, 15) is 4.79 Å². The van der Waals surface area contributed by atoms with Gasteiger partial charge in [0.15, 0.2) is 4.34 Å². The smallest absolute Gasteiger partial charge is 0.256 e. The lowest BCUT2D eigenvalue weighted by atomic mass is 10.1. The summed E-state index contributed by atoms with van der Waals surface area (Å²) in [5.74, 6) is -0.113. The van der Waals surface area contributed by atoms with E-state index in [2.05, 4.69) is 10.3 Å². The Kier molecular flexibility index (Phi) is 4.79. The fourth-order valence-electron chi connectivity index (χ4n) is 2.14. The first-order chi connectivity index (χ1) is 11.2. The van der Waals surface area contributed by atoms with E-state index in [0.717, 1.165) is 26.2 Å². The maximum absolute atomic E-state index is 12.5. The quantitative estimate of drug-likeness (QED) is 0.672. The second-order valence-corrected chi connectivity index (χ2v) is 7.10. The van der Waals surface area contributed by atoms with Gasteiger partial charge in [-0.25, -0.2) is 4.98 Å². The molecular weight excluding hydrogens is 324 g/mol. The number of benzene rings is 2. The third-order valence-electron chi connectivity index (χ3n) is 3.37. The van der Waals surface area contributed by atoms with Crippen LogP contribution in [0.3, 0.4) is 0 Å². The molecule has 0 aliphatic heterocycles. The van der Waals surface area contributed by atoms with Gasteiger partial charge in [0.1, 0.15) is 10.7 Å². The average Bonchev–Trinajstić information content (AvgIpc) is 2.99. The number of anilines is 1. The highest BCUT2D eigenvalue weighted by atomic mass is 32.2. The van der Waals surface area contributed by atoms with Crippen LogP contribution in [0, 0.1) is 6.92 Å². The Labute approximate surface area is 143 Å². The number of thioether (sulfide) groups is 1. The molecule has 0 atom stereocenters. The molecule has 0 saturated heterocycles. The van der Waals surface area contributed by atoms with Crippen molar-refractivity contribution < 1.29 is 4.79 Å². The molecule has 3 nitrogen and oxygen atoms in total. The topological polar surface area (TPSA) is 42.0 Å². The molecule has 3 aromatic rings. The number of thiazole rings is 1. The van der Waals surface area contributed by atoms with Crippen molar-refractivity contribution in [1.82, 2.24) is 4.98 Å². The van der Waals surface area contributed by atoms with Crippen LogP contribution in [0.25, 0.3) is 11.3 Å². The summed E-state index contributed by atoms with van der Waals surface area (Å²) in [5, 5.41) is 3.79. The van der Waals surface area contributed by atoms with E-state index in [4.69, 9.17) is 0 Å². The Hall–Kier alpha value is -2.11. The van der Waals surface area contributed by atoms with Gasteiger partial charge in [0, 0.05) is 11.1 Å². The summed E-state index contributed by atoms with van der Waals surface area (Å²) >= 11 is 3.08. The van der Waals surface area contributed by atoms with Gasteiger partial charge in [-0.1, -0.05) is 71.1 Å². The molecule has 1 heterocycles.